The van der Waals surface area contributed by atoms with Crippen LogP contribution < -0.4 is 4.72 Å². The van der Waals surface area contributed by atoms with Crippen LogP contribution in [0.15, 0.2) is 23.1 Å². The molecule has 1 aromatic carbocycles. The summed E-state index contributed by atoms with van der Waals surface area (Å²) in [4.78, 5) is -0.0346. The Balaban J connectivity index is 2.98. The molecule has 120 valence electrons. The van der Waals surface area contributed by atoms with Crippen molar-refractivity contribution in [2.45, 2.75) is 44.9 Å². The molecular weight excluding hydrogens is 293 g/mol. The van der Waals surface area contributed by atoms with Gasteiger partial charge < -0.3 is 5.11 Å². The largest absolute Gasteiger partial charge is 0.396 e. The fourth-order valence-corrected chi connectivity index (χ4v) is 3.79. The molecule has 21 heavy (non-hydrogen) atoms. The minimum absolute atomic E-state index is 0.0163. The standard InChI is InChI=1S/C15H24FNO3S/c1-4-15(5-2,9-10-18)11-17-21(19,20)14-8-6-7-13(16)12(14)3/h6-8,17-18H,4-5,9-11H2,1-3H3. The number of aliphatic hydroxyl groups is 1. The third kappa shape index (κ3) is 4.25. The fourth-order valence-electron chi connectivity index (χ4n) is 2.38. The molecule has 0 saturated carbocycles. The van der Waals surface area contributed by atoms with Crippen molar-refractivity contribution >= 4 is 10.0 Å². The van der Waals surface area contributed by atoms with E-state index in [-0.39, 0.29) is 29.0 Å². The molecule has 6 heteroatoms. The predicted molar refractivity (Wildman–Crippen MR) is 81.0 cm³/mol. The Morgan fingerprint density at radius 1 is 1.29 bits per heavy atom. The Morgan fingerprint density at radius 3 is 2.43 bits per heavy atom. The van der Waals surface area contributed by atoms with Gasteiger partial charge in [-0.25, -0.2) is 17.5 Å². The highest BCUT2D eigenvalue weighted by Gasteiger charge is 2.28. The van der Waals surface area contributed by atoms with Gasteiger partial charge in [-0.3, -0.25) is 0 Å². The molecule has 2 N–H and O–H groups in total. The number of hydrogen-bond donors (Lipinski definition) is 2. The van der Waals surface area contributed by atoms with Crippen molar-refractivity contribution in [1.29, 1.82) is 0 Å². The highest BCUT2D eigenvalue weighted by molar-refractivity contribution is 7.89. The van der Waals surface area contributed by atoms with Crippen molar-refractivity contribution in [3.05, 3.63) is 29.6 Å². The third-order valence-electron chi connectivity index (χ3n) is 4.29. The summed E-state index contributed by atoms with van der Waals surface area (Å²) in [6.07, 6.45) is 2.05. The van der Waals surface area contributed by atoms with E-state index in [2.05, 4.69) is 4.72 Å². The van der Waals surface area contributed by atoms with Gasteiger partial charge in [0.1, 0.15) is 5.82 Å². The predicted octanol–water partition coefficient (Wildman–Crippen LogP) is 2.60. The van der Waals surface area contributed by atoms with E-state index < -0.39 is 15.8 Å². The summed E-state index contributed by atoms with van der Waals surface area (Å²) >= 11 is 0. The van der Waals surface area contributed by atoms with E-state index >= 15 is 0 Å². The number of sulfonamides is 1. The molecule has 0 spiro atoms. The Labute approximate surface area is 126 Å². The van der Waals surface area contributed by atoms with Crippen molar-refractivity contribution in [3.63, 3.8) is 0 Å². The second-order valence-electron chi connectivity index (χ2n) is 5.37. The summed E-state index contributed by atoms with van der Waals surface area (Å²) in [5.74, 6) is -0.537. The lowest BCUT2D eigenvalue weighted by Crippen LogP contribution is -2.38. The van der Waals surface area contributed by atoms with Crippen LogP contribution in [0.25, 0.3) is 0 Å². The first-order valence-electron chi connectivity index (χ1n) is 7.17. The molecule has 0 aliphatic carbocycles. The van der Waals surface area contributed by atoms with Crippen LogP contribution >= 0.6 is 0 Å². The van der Waals surface area contributed by atoms with E-state index in [1.54, 1.807) is 0 Å². The average molecular weight is 317 g/mol. The lowest BCUT2D eigenvalue weighted by Gasteiger charge is -2.31. The van der Waals surface area contributed by atoms with E-state index in [0.717, 1.165) is 12.8 Å². The number of aliphatic hydroxyl groups excluding tert-OH is 1. The quantitative estimate of drug-likeness (QED) is 0.774. The molecule has 0 saturated heterocycles. The lowest BCUT2D eigenvalue weighted by molar-refractivity contribution is 0.170. The SMILES string of the molecule is CCC(CC)(CCO)CNS(=O)(=O)c1cccc(F)c1C. The average Bonchev–Trinajstić information content (AvgIpc) is 2.46. The van der Waals surface area contributed by atoms with Gasteiger partial charge >= 0.3 is 0 Å². The summed E-state index contributed by atoms with van der Waals surface area (Å²) < 4.78 is 40.8. The number of benzene rings is 1. The maximum absolute atomic E-state index is 13.5. The lowest BCUT2D eigenvalue weighted by atomic mass is 9.80. The Hall–Kier alpha value is -0.980. The van der Waals surface area contributed by atoms with Crippen LogP contribution in [0.5, 0.6) is 0 Å². The number of hydrogen-bond acceptors (Lipinski definition) is 3. The van der Waals surface area contributed by atoms with E-state index in [0.29, 0.717) is 6.42 Å². The highest BCUT2D eigenvalue weighted by Crippen LogP contribution is 2.30. The molecule has 0 bridgehead atoms. The molecule has 0 unspecified atom stereocenters. The molecule has 0 aliphatic heterocycles. The summed E-state index contributed by atoms with van der Waals surface area (Å²) in [7, 11) is -3.76. The fraction of sp³-hybridized carbons (Fsp3) is 0.600. The molecule has 0 heterocycles. The van der Waals surface area contributed by atoms with Crippen LogP contribution in [0.1, 0.15) is 38.7 Å². The van der Waals surface area contributed by atoms with Crippen LogP contribution in [0.4, 0.5) is 4.39 Å². The zero-order valence-electron chi connectivity index (χ0n) is 12.8. The van der Waals surface area contributed by atoms with Crippen molar-refractivity contribution in [1.82, 2.24) is 4.72 Å². The third-order valence-corrected chi connectivity index (χ3v) is 5.83. The second kappa shape index (κ2) is 7.33. The number of nitrogens with one attached hydrogen (secondary N) is 1. The summed E-state index contributed by atoms with van der Waals surface area (Å²) in [5.41, 5.74) is -0.158. The van der Waals surface area contributed by atoms with Crippen LogP contribution in [0.2, 0.25) is 0 Å². The van der Waals surface area contributed by atoms with Crippen molar-refractivity contribution < 1.29 is 17.9 Å². The van der Waals surface area contributed by atoms with Crippen LogP contribution in [0.3, 0.4) is 0 Å². The van der Waals surface area contributed by atoms with Gasteiger partial charge in [0.05, 0.1) is 4.90 Å². The molecule has 1 rings (SSSR count). The second-order valence-corrected chi connectivity index (χ2v) is 7.10. The molecular formula is C15H24FNO3S. The zero-order valence-corrected chi connectivity index (χ0v) is 13.6. The van der Waals surface area contributed by atoms with Gasteiger partial charge in [0.15, 0.2) is 0 Å². The molecule has 0 radical (unpaired) electrons. The monoisotopic (exact) mass is 317 g/mol. The first-order valence-corrected chi connectivity index (χ1v) is 8.66. The van der Waals surface area contributed by atoms with Gasteiger partial charge in [-0.1, -0.05) is 19.9 Å². The van der Waals surface area contributed by atoms with Crippen molar-refractivity contribution in [2.24, 2.45) is 5.41 Å². The topological polar surface area (TPSA) is 66.4 Å². The van der Waals surface area contributed by atoms with E-state index in [1.807, 2.05) is 13.8 Å². The molecule has 1 aromatic rings. The van der Waals surface area contributed by atoms with Gasteiger partial charge in [0.2, 0.25) is 10.0 Å². The number of halogens is 1. The maximum Gasteiger partial charge on any atom is 0.240 e. The van der Waals surface area contributed by atoms with Crippen molar-refractivity contribution in [3.8, 4) is 0 Å². The molecule has 0 aliphatic rings. The maximum atomic E-state index is 13.5. The highest BCUT2D eigenvalue weighted by atomic mass is 32.2. The van der Waals surface area contributed by atoms with E-state index in [4.69, 9.17) is 5.11 Å². The minimum Gasteiger partial charge on any atom is -0.396 e. The molecule has 4 nitrogen and oxygen atoms in total. The summed E-state index contributed by atoms with van der Waals surface area (Å²) in [5, 5.41) is 9.16. The molecule has 0 aromatic heterocycles. The normalized spacial score (nSPS) is 12.6. The van der Waals surface area contributed by atoms with Gasteiger partial charge in [-0.2, -0.15) is 0 Å². The first-order chi connectivity index (χ1) is 9.82. The van der Waals surface area contributed by atoms with Gasteiger partial charge in [-0.05, 0) is 43.7 Å². The van der Waals surface area contributed by atoms with Gasteiger partial charge in [-0.15, -0.1) is 0 Å². The van der Waals surface area contributed by atoms with Gasteiger partial charge in [0.25, 0.3) is 0 Å². The Bertz CT molecular complexity index is 568. The van der Waals surface area contributed by atoms with E-state index in [1.165, 1.54) is 25.1 Å². The van der Waals surface area contributed by atoms with Crippen molar-refractivity contribution in [2.75, 3.05) is 13.2 Å². The van der Waals surface area contributed by atoms with E-state index in [9.17, 15) is 12.8 Å². The Morgan fingerprint density at radius 2 is 1.90 bits per heavy atom. The van der Waals surface area contributed by atoms with Crippen LogP contribution in [0, 0.1) is 18.2 Å². The zero-order chi connectivity index (χ0) is 16.1. The van der Waals surface area contributed by atoms with Crippen LogP contribution in [-0.4, -0.2) is 26.7 Å². The Kier molecular flexibility index (Phi) is 6.31. The molecule has 0 amide bonds. The summed E-state index contributed by atoms with van der Waals surface area (Å²) in [6.45, 7) is 5.65. The van der Waals surface area contributed by atoms with Crippen LogP contribution in [-0.2, 0) is 10.0 Å². The van der Waals surface area contributed by atoms with Gasteiger partial charge in [0, 0.05) is 18.7 Å². The smallest absolute Gasteiger partial charge is 0.240 e. The first kappa shape index (κ1) is 18.1. The molecule has 0 atom stereocenters. The minimum atomic E-state index is -3.76. The summed E-state index contributed by atoms with van der Waals surface area (Å²) in [6, 6.07) is 4.02. The number of rotatable bonds is 8. The molecule has 0 fully saturated rings.